The molecule has 0 fully saturated rings. The maximum atomic E-state index is 13.1. The highest BCUT2D eigenvalue weighted by Crippen LogP contribution is 2.31. The Morgan fingerprint density at radius 3 is 2.60 bits per heavy atom. The second-order valence-corrected chi connectivity index (χ2v) is 7.42. The Kier molecular flexibility index (Phi) is 5.71. The number of rotatable bonds is 7. The van der Waals surface area contributed by atoms with Crippen LogP contribution in [0.5, 0.6) is 0 Å². The normalized spacial score (nSPS) is 11.5. The summed E-state index contributed by atoms with van der Waals surface area (Å²) in [4.78, 5) is 15.5. The lowest BCUT2D eigenvalue weighted by molar-refractivity contribution is 0.303. The highest BCUT2D eigenvalue weighted by atomic mass is 32.1. The third-order valence-electron chi connectivity index (χ3n) is 4.79. The molecule has 3 nitrogen and oxygen atoms in total. The second kappa shape index (κ2) is 7.98. The first-order chi connectivity index (χ1) is 12.2. The molecule has 3 rings (SSSR count). The number of nitrogens with zero attached hydrogens (tertiary/aromatic N) is 1. The van der Waals surface area contributed by atoms with Crippen LogP contribution in [-0.2, 0) is 0 Å². The maximum Gasteiger partial charge on any atom is 0.197 e. The fraction of sp³-hybridized carbons (Fsp3) is 0.381. The van der Waals surface area contributed by atoms with Crippen LogP contribution < -0.4 is 10.7 Å². The van der Waals surface area contributed by atoms with Crippen LogP contribution in [0.25, 0.3) is 20.2 Å². The van der Waals surface area contributed by atoms with Crippen LogP contribution in [0.15, 0.2) is 41.2 Å². The van der Waals surface area contributed by atoms with Gasteiger partial charge in [0.2, 0.25) is 0 Å². The van der Waals surface area contributed by atoms with Gasteiger partial charge in [0.1, 0.15) is 0 Å². The third kappa shape index (κ3) is 3.70. The Morgan fingerprint density at radius 1 is 1.08 bits per heavy atom. The van der Waals surface area contributed by atoms with E-state index < -0.39 is 0 Å². The summed E-state index contributed by atoms with van der Waals surface area (Å²) in [5.74, 6) is 0. The van der Waals surface area contributed by atoms with E-state index in [2.05, 4.69) is 43.1 Å². The number of aryl methyl sites for hydroxylation is 1. The molecule has 2 aromatic carbocycles. The molecule has 0 spiro atoms. The molecule has 0 saturated carbocycles. The molecular weight excluding hydrogens is 328 g/mol. The van der Waals surface area contributed by atoms with Crippen LogP contribution >= 0.6 is 11.3 Å². The molecule has 0 amide bonds. The van der Waals surface area contributed by atoms with Crippen LogP contribution in [-0.4, -0.2) is 31.1 Å². The zero-order valence-electron chi connectivity index (χ0n) is 15.3. The van der Waals surface area contributed by atoms with Gasteiger partial charge in [-0.1, -0.05) is 32.0 Å². The van der Waals surface area contributed by atoms with Gasteiger partial charge in [0.15, 0.2) is 5.43 Å². The highest BCUT2D eigenvalue weighted by molar-refractivity contribution is 7.24. The molecule has 0 aliphatic carbocycles. The molecular formula is C21H26N2OS. The van der Waals surface area contributed by atoms with Crippen molar-refractivity contribution in [1.29, 1.82) is 0 Å². The van der Waals surface area contributed by atoms with Gasteiger partial charge in [0.05, 0.1) is 5.39 Å². The fourth-order valence-electron chi connectivity index (χ4n) is 3.24. The van der Waals surface area contributed by atoms with Gasteiger partial charge in [-0.3, -0.25) is 4.79 Å². The van der Waals surface area contributed by atoms with E-state index in [-0.39, 0.29) is 5.43 Å². The molecule has 0 atom stereocenters. The van der Waals surface area contributed by atoms with Crippen molar-refractivity contribution < 1.29 is 0 Å². The largest absolute Gasteiger partial charge is 0.384 e. The van der Waals surface area contributed by atoms with Gasteiger partial charge >= 0.3 is 0 Å². The minimum Gasteiger partial charge on any atom is -0.384 e. The van der Waals surface area contributed by atoms with Crippen LogP contribution in [0.3, 0.4) is 0 Å². The van der Waals surface area contributed by atoms with Crippen LogP contribution in [0.2, 0.25) is 0 Å². The number of benzene rings is 2. The summed E-state index contributed by atoms with van der Waals surface area (Å²) in [7, 11) is 0. The molecule has 0 saturated heterocycles. The first-order valence-corrected chi connectivity index (χ1v) is 9.88. The van der Waals surface area contributed by atoms with Gasteiger partial charge in [-0.15, -0.1) is 11.3 Å². The lowest BCUT2D eigenvalue weighted by Gasteiger charge is -2.18. The average Bonchev–Trinajstić information content (AvgIpc) is 2.64. The highest BCUT2D eigenvalue weighted by Gasteiger charge is 2.11. The predicted molar refractivity (Wildman–Crippen MR) is 111 cm³/mol. The minimum absolute atomic E-state index is 0.138. The van der Waals surface area contributed by atoms with Crippen molar-refractivity contribution in [2.24, 2.45) is 0 Å². The van der Waals surface area contributed by atoms with Gasteiger partial charge in [-0.25, -0.2) is 0 Å². The quantitative estimate of drug-likeness (QED) is 0.485. The van der Waals surface area contributed by atoms with Gasteiger partial charge in [-0.05, 0) is 56.7 Å². The Labute approximate surface area is 153 Å². The molecule has 0 aliphatic heterocycles. The minimum atomic E-state index is 0.138. The standard InChI is InChI=1S/C21H26N2OS/c1-4-23(5-2)14-8-13-22-17-12-11-15(3)21-19(17)20(24)16-9-6-7-10-18(16)25-21/h6-7,9-12,22H,4-5,8,13-14H2,1-3H3. The monoisotopic (exact) mass is 354 g/mol. The number of hydrogen-bond acceptors (Lipinski definition) is 4. The van der Waals surface area contributed by atoms with Crippen LogP contribution in [0.1, 0.15) is 25.8 Å². The Morgan fingerprint density at radius 2 is 1.84 bits per heavy atom. The predicted octanol–water partition coefficient (Wildman–Crippen LogP) is 4.87. The molecule has 3 aromatic rings. The van der Waals surface area contributed by atoms with Crippen molar-refractivity contribution in [1.82, 2.24) is 4.90 Å². The van der Waals surface area contributed by atoms with Gasteiger partial charge in [0, 0.05) is 27.0 Å². The molecule has 25 heavy (non-hydrogen) atoms. The molecule has 0 unspecified atom stereocenters. The summed E-state index contributed by atoms with van der Waals surface area (Å²) < 4.78 is 2.15. The number of fused-ring (bicyclic) bond motifs is 2. The topological polar surface area (TPSA) is 32.3 Å². The van der Waals surface area contributed by atoms with Gasteiger partial charge in [-0.2, -0.15) is 0 Å². The second-order valence-electron chi connectivity index (χ2n) is 6.37. The van der Waals surface area contributed by atoms with E-state index in [0.717, 1.165) is 64.0 Å². The number of hydrogen-bond donors (Lipinski definition) is 1. The Bertz CT molecular complexity index is 928. The summed E-state index contributed by atoms with van der Waals surface area (Å²) in [6.07, 6.45) is 1.07. The van der Waals surface area contributed by atoms with E-state index in [4.69, 9.17) is 0 Å². The van der Waals surface area contributed by atoms with Crippen molar-refractivity contribution in [3.63, 3.8) is 0 Å². The van der Waals surface area contributed by atoms with E-state index in [1.165, 1.54) is 0 Å². The molecule has 0 aliphatic rings. The van der Waals surface area contributed by atoms with Crippen molar-refractivity contribution in [2.45, 2.75) is 27.2 Å². The summed E-state index contributed by atoms with van der Waals surface area (Å²) in [5, 5.41) is 5.16. The maximum absolute atomic E-state index is 13.1. The van der Waals surface area contributed by atoms with E-state index in [9.17, 15) is 4.79 Å². The third-order valence-corrected chi connectivity index (χ3v) is 6.09. The van der Waals surface area contributed by atoms with E-state index in [1.54, 1.807) is 11.3 Å². The van der Waals surface area contributed by atoms with Crippen molar-refractivity contribution >= 4 is 37.2 Å². The van der Waals surface area contributed by atoms with Gasteiger partial charge in [0.25, 0.3) is 0 Å². The summed E-state index contributed by atoms with van der Waals surface area (Å²) in [6.45, 7) is 10.6. The molecule has 0 radical (unpaired) electrons. The van der Waals surface area contributed by atoms with E-state index in [1.807, 2.05) is 24.3 Å². The Balaban J connectivity index is 1.92. The molecule has 4 heteroatoms. The average molecular weight is 355 g/mol. The van der Waals surface area contributed by atoms with Crippen molar-refractivity contribution in [3.8, 4) is 0 Å². The zero-order chi connectivity index (χ0) is 17.8. The van der Waals surface area contributed by atoms with Crippen molar-refractivity contribution in [3.05, 3.63) is 52.2 Å². The summed E-state index contributed by atoms with van der Waals surface area (Å²) >= 11 is 1.71. The summed E-state index contributed by atoms with van der Waals surface area (Å²) in [6, 6.07) is 12.1. The first kappa shape index (κ1) is 17.9. The number of anilines is 1. The first-order valence-electron chi connectivity index (χ1n) is 9.07. The Hall–Kier alpha value is -1.91. The SMILES string of the molecule is CCN(CC)CCCNc1ccc(C)c2sc3ccccc3c(=O)c12. The summed E-state index contributed by atoms with van der Waals surface area (Å²) in [5.41, 5.74) is 2.27. The molecule has 1 heterocycles. The fourth-order valence-corrected chi connectivity index (χ4v) is 4.42. The lowest BCUT2D eigenvalue weighted by atomic mass is 10.1. The number of nitrogens with one attached hydrogen (secondary N) is 1. The smallest absolute Gasteiger partial charge is 0.197 e. The molecule has 1 N–H and O–H groups in total. The molecule has 132 valence electrons. The lowest BCUT2D eigenvalue weighted by Crippen LogP contribution is -2.25. The van der Waals surface area contributed by atoms with E-state index in [0.29, 0.717) is 0 Å². The van der Waals surface area contributed by atoms with Gasteiger partial charge < -0.3 is 10.2 Å². The van der Waals surface area contributed by atoms with Crippen molar-refractivity contribution in [2.75, 3.05) is 31.5 Å². The zero-order valence-corrected chi connectivity index (χ0v) is 16.1. The molecule has 1 aromatic heterocycles. The van der Waals surface area contributed by atoms with Crippen LogP contribution in [0.4, 0.5) is 5.69 Å². The van der Waals surface area contributed by atoms with Crippen LogP contribution in [0, 0.1) is 6.92 Å². The molecule has 0 bridgehead atoms. The van der Waals surface area contributed by atoms with E-state index >= 15 is 0 Å².